The van der Waals surface area contributed by atoms with Crippen LogP contribution in [0, 0.1) is 17.1 Å². The quantitative estimate of drug-likeness (QED) is 0.818. The Morgan fingerprint density at radius 3 is 2.79 bits per heavy atom. The lowest BCUT2D eigenvalue weighted by Gasteiger charge is -2.28. The smallest absolute Gasteiger partial charge is 0.151 e. The number of nitrogens with zero attached hydrogens (tertiary/aromatic N) is 2. The minimum Gasteiger partial charge on any atom is -0.290 e. The molecular formula is C17H17FN2O2S2. The van der Waals surface area contributed by atoms with Crippen LogP contribution in [-0.4, -0.2) is 30.9 Å². The largest absolute Gasteiger partial charge is 0.290 e. The van der Waals surface area contributed by atoms with Gasteiger partial charge < -0.3 is 0 Å². The van der Waals surface area contributed by atoms with Crippen LogP contribution in [0.15, 0.2) is 35.7 Å². The van der Waals surface area contributed by atoms with E-state index in [4.69, 9.17) is 5.26 Å². The van der Waals surface area contributed by atoms with Gasteiger partial charge >= 0.3 is 0 Å². The molecule has 1 aliphatic rings. The molecule has 2 aromatic rings. The molecule has 0 spiro atoms. The maximum Gasteiger partial charge on any atom is 0.151 e. The zero-order valence-corrected chi connectivity index (χ0v) is 14.6. The first-order valence-corrected chi connectivity index (χ1v) is 10.3. The molecule has 1 unspecified atom stereocenters. The van der Waals surface area contributed by atoms with Crippen LogP contribution in [0.3, 0.4) is 0 Å². The highest BCUT2D eigenvalue weighted by atomic mass is 32.2. The maximum absolute atomic E-state index is 14.1. The Balaban J connectivity index is 1.86. The summed E-state index contributed by atoms with van der Waals surface area (Å²) in [5, 5.41) is 11.0. The molecule has 2 heterocycles. The van der Waals surface area contributed by atoms with E-state index in [0.29, 0.717) is 30.6 Å². The molecule has 0 amide bonds. The van der Waals surface area contributed by atoms with Crippen LogP contribution in [0.5, 0.6) is 0 Å². The average Bonchev–Trinajstić information content (AvgIpc) is 3.18. The van der Waals surface area contributed by atoms with Gasteiger partial charge in [-0.1, -0.05) is 6.07 Å². The van der Waals surface area contributed by atoms with Crippen molar-refractivity contribution in [3.05, 3.63) is 57.5 Å². The highest BCUT2D eigenvalue weighted by Crippen LogP contribution is 2.24. The monoisotopic (exact) mass is 364 g/mol. The molecule has 1 atom stereocenters. The highest BCUT2D eigenvalue weighted by molar-refractivity contribution is 7.91. The third kappa shape index (κ3) is 4.01. The van der Waals surface area contributed by atoms with Crippen LogP contribution >= 0.6 is 11.3 Å². The highest BCUT2D eigenvalue weighted by Gasteiger charge is 2.32. The first-order chi connectivity index (χ1) is 11.5. The van der Waals surface area contributed by atoms with Gasteiger partial charge in [-0.25, -0.2) is 12.8 Å². The van der Waals surface area contributed by atoms with Crippen molar-refractivity contribution in [2.75, 3.05) is 11.5 Å². The van der Waals surface area contributed by atoms with Crippen LogP contribution in [0.25, 0.3) is 0 Å². The van der Waals surface area contributed by atoms with Crippen LogP contribution in [0.2, 0.25) is 0 Å². The van der Waals surface area contributed by atoms with E-state index in [2.05, 4.69) is 0 Å². The molecule has 0 aliphatic carbocycles. The number of hydrogen-bond acceptors (Lipinski definition) is 5. The van der Waals surface area contributed by atoms with Gasteiger partial charge in [0.2, 0.25) is 0 Å². The summed E-state index contributed by atoms with van der Waals surface area (Å²) in [7, 11) is -3.02. The molecular weight excluding hydrogens is 347 g/mol. The third-order valence-corrected chi connectivity index (χ3v) is 6.82. The molecule has 0 radical (unpaired) electrons. The van der Waals surface area contributed by atoms with Crippen LogP contribution in [-0.2, 0) is 22.9 Å². The van der Waals surface area contributed by atoms with Crippen molar-refractivity contribution in [1.29, 1.82) is 5.26 Å². The van der Waals surface area contributed by atoms with Crippen molar-refractivity contribution in [1.82, 2.24) is 4.90 Å². The van der Waals surface area contributed by atoms with E-state index in [1.165, 1.54) is 12.1 Å². The Bertz CT molecular complexity index is 857. The Morgan fingerprint density at radius 2 is 2.17 bits per heavy atom. The molecule has 24 heavy (non-hydrogen) atoms. The summed E-state index contributed by atoms with van der Waals surface area (Å²) in [5.74, 6) is -0.0805. The second-order valence-electron chi connectivity index (χ2n) is 5.96. The molecule has 1 fully saturated rings. The summed E-state index contributed by atoms with van der Waals surface area (Å²) < 4.78 is 37.8. The van der Waals surface area contributed by atoms with Crippen molar-refractivity contribution < 1.29 is 12.8 Å². The summed E-state index contributed by atoms with van der Waals surface area (Å²) in [4.78, 5) is 3.12. The molecule has 3 rings (SSSR count). The van der Waals surface area contributed by atoms with Gasteiger partial charge in [0.05, 0.1) is 23.1 Å². The summed E-state index contributed by atoms with van der Waals surface area (Å²) in [6, 6.07) is 10.1. The molecule has 0 bridgehead atoms. The van der Waals surface area contributed by atoms with Crippen LogP contribution < -0.4 is 0 Å². The van der Waals surface area contributed by atoms with Gasteiger partial charge in [-0.05, 0) is 36.1 Å². The van der Waals surface area contributed by atoms with Crippen LogP contribution in [0.4, 0.5) is 4.39 Å². The average molecular weight is 364 g/mol. The molecule has 4 nitrogen and oxygen atoms in total. The van der Waals surface area contributed by atoms with Gasteiger partial charge in [-0.2, -0.15) is 5.26 Å². The first kappa shape index (κ1) is 17.1. The number of rotatable bonds is 5. The van der Waals surface area contributed by atoms with Crippen molar-refractivity contribution in [3.63, 3.8) is 0 Å². The summed E-state index contributed by atoms with van der Waals surface area (Å²) in [5.41, 5.74) is 0.830. The van der Waals surface area contributed by atoms with E-state index >= 15 is 0 Å². The fraction of sp³-hybridized carbons (Fsp3) is 0.353. The number of benzene rings is 1. The standard InChI is InChI=1S/C17H17FN2O2S2/c18-17-4-3-13(9-19)8-14(17)10-20(11-16-2-1-6-23-16)15-5-7-24(21,22)12-15/h1-4,6,8,15H,5,7,10-12H2. The molecule has 126 valence electrons. The van der Waals surface area contributed by atoms with Crippen LogP contribution in [0.1, 0.15) is 22.4 Å². The Hall–Kier alpha value is -1.75. The number of sulfone groups is 1. The lowest BCUT2D eigenvalue weighted by molar-refractivity contribution is 0.193. The molecule has 1 aliphatic heterocycles. The summed E-state index contributed by atoms with van der Waals surface area (Å²) in [6.07, 6.45) is 0.563. The number of nitriles is 1. The Labute approximate surface area is 145 Å². The van der Waals surface area contributed by atoms with Crippen molar-refractivity contribution in [2.45, 2.75) is 25.6 Å². The lowest BCUT2D eigenvalue weighted by Crippen LogP contribution is -2.35. The fourth-order valence-electron chi connectivity index (χ4n) is 2.96. The maximum atomic E-state index is 14.1. The molecule has 0 N–H and O–H groups in total. The number of thiophene rings is 1. The van der Waals surface area contributed by atoms with Gasteiger partial charge in [0.15, 0.2) is 9.84 Å². The zero-order valence-electron chi connectivity index (χ0n) is 13.0. The molecule has 0 saturated carbocycles. The van der Waals surface area contributed by atoms with E-state index in [1.54, 1.807) is 17.4 Å². The summed E-state index contributed by atoms with van der Waals surface area (Å²) >= 11 is 1.60. The van der Waals surface area contributed by atoms with Crippen molar-refractivity contribution in [2.24, 2.45) is 0 Å². The van der Waals surface area contributed by atoms with E-state index in [1.807, 2.05) is 28.5 Å². The number of hydrogen-bond donors (Lipinski definition) is 0. The second kappa shape index (κ2) is 7.01. The molecule has 1 aromatic heterocycles. The minimum atomic E-state index is -3.02. The summed E-state index contributed by atoms with van der Waals surface area (Å²) in [6.45, 7) is 0.869. The third-order valence-electron chi connectivity index (χ3n) is 4.21. The van der Waals surface area contributed by atoms with Gasteiger partial charge in [0.25, 0.3) is 0 Å². The van der Waals surface area contributed by atoms with Crippen molar-refractivity contribution >= 4 is 21.2 Å². The molecule has 1 saturated heterocycles. The Kier molecular flexibility index (Phi) is 4.99. The topological polar surface area (TPSA) is 61.2 Å². The van der Waals surface area contributed by atoms with Gasteiger partial charge in [0.1, 0.15) is 5.82 Å². The predicted molar refractivity (Wildman–Crippen MR) is 91.7 cm³/mol. The van der Waals surface area contributed by atoms with E-state index in [-0.39, 0.29) is 23.4 Å². The Morgan fingerprint density at radius 1 is 1.33 bits per heavy atom. The van der Waals surface area contributed by atoms with E-state index < -0.39 is 9.84 Å². The van der Waals surface area contributed by atoms with E-state index in [9.17, 15) is 12.8 Å². The van der Waals surface area contributed by atoms with Crippen molar-refractivity contribution in [3.8, 4) is 6.07 Å². The zero-order chi connectivity index (χ0) is 17.2. The SMILES string of the molecule is N#Cc1ccc(F)c(CN(Cc2cccs2)C2CCS(=O)(=O)C2)c1. The molecule has 7 heteroatoms. The predicted octanol–water partition coefficient (Wildman–Crippen LogP) is 2.95. The van der Waals surface area contributed by atoms with Gasteiger partial charge in [-0.3, -0.25) is 4.90 Å². The lowest BCUT2D eigenvalue weighted by atomic mass is 10.1. The minimum absolute atomic E-state index is 0.109. The first-order valence-electron chi connectivity index (χ1n) is 7.62. The normalized spacial score (nSPS) is 19.5. The van der Waals surface area contributed by atoms with Gasteiger partial charge in [-0.15, -0.1) is 11.3 Å². The fourth-order valence-corrected chi connectivity index (χ4v) is 5.46. The molecule has 1 aromatic carbocycles. The number of halogens is 1. The van der Waals surface area contributed by atoms with Gasteiger partial charge in [0, 0.05) is 29.6 Å². The van der Waals surface area contributed by atoms with E-state index in [0.717, 1.165) is 4.88 Å². The second-order valence-corrected chi connectivity index (χ2v) is 9.22.